The molecule has 8 atom stereocenters. The Morgan fingerprint density at radius 1 is 0.684 bits per heavy atom. The molecule has 0 aliphatic carbocycles. The van der Waals surface area contributed by atoms with Gasteiger partial charge in [0.2, 0.25) is 5.91 Å². The smallest absolute Gasteiger partial charge is 0.394 e. The van der Waals surface area contributed by atoms with Crippen molar-refractivity contribution in [2.24, 2.45) is 0 Å². The summed E-state index contributed by atoms with van der Waals surface area (Å²) in [5.74, 6) is -0.675. The van der Waals surface area contributed by atoms with Gasteiger partial charge in [-0.05, 0) is 38.5 Å². The van der Waals surface area contributed by atoms with Crippen LogP contribution in [0.4, 0.5) is 0 Å². The number of allylic oxidation sites excluding steroid dienone is 2. The molecule has 0 bridgehead atoms. The molecule has 338 valence electrons. The van der Waals surface area contributed by atoms with E-state index in [-0.39, 0.29) is 6.42 Å². The molecule has 0 spiro atoms. The highest BCUT2D eigenvalue weighted by Gasteiger charge is 2.48. The molecule has 8 unspecified atom stereocenters. The van der Waals surface area contributed by atoms with E-state index >= 15 is 0 Å². The van der Waals surface area contributed by atoms with Gasteiger partial charge in [-0.15, -0.1) is 0 Å². The number of hydrogen-bond acceptors (Lipinski definition) is 11. The highest BCUT2D eigenvalue weighted by atomic mass is 32.3. The molecule has 1 fully saturated rings. The first-order valence-electron chi connectivity index (χ1n) is 22.7. The fourth-order valence-electron chi connectivity index (χ4n) is 7.28. The summed E-state index contributed by atoms with van der Waals surface area (Å²) in [4.78, 5) is 13.1. The zero-order valence-corrected chi connectivity index (χ0v) is 36.3. The predicted molar refractivity (Wildman–Crippen MR) is 224 cm³/mol. The molecule has 13 nitrogen and oxygen atoms in total. The van der Waals surface area contributed by atoms with Crippen LogP contribution in [0.2, 0.25) is 0 Å². The molecule has 1 aliphatic rings. The van der Waals surface area contributed by atoms with Crippen molar-refractivity contribution in [2.75, 3.05) is 13.2 Å². The third-order valence-electron chi connectivity index (χ3n) is 10.9. The van der Waals surface area contributed by atoms with Crippen molar-refractivity contribution in [2.45, 2.75) is 243 Å². The van der Waals surface area contributed by atoms with Crippen LogP contribution >= 0.6 is 0 Å². The van der Waals surface area contributed by atoms with Gasteiger partial charge in [-0.3, -0.25) is 9.35 Å². The molecule has 1 aliphatic heterocycles. The number of carbonyl (C=O) groups is 1. The SMILES string of the molecule is CCCCCCCCCC/C=C\CCCCCCCCC(O)C(=O)NC(COC1OC(CO)C(O)C(OS(=O)(=O)O)C1O)C(O)CCCCCCCCCCCC. The number of aliphatic hydroxyl groups excluding tert-OH is 5. The number of hydrogen-bond donors (Lipinski definition) is 7. The number of aliphatic hydroxyl groups is 5. The maximum Gasteiger partial charge on any atom is 0.397 e. The second-order valence-corrected chi connectivity index (χ2v) is 17.2. The topological polar surface area (TPSA) is 212 Å². The van der Waals surface area contributed by atoms with Crippen LogP contribution in [0.25, 0.3) is 0 Å². The van der Waals surface area contributed by atoms with Crippen molar-refractivity contribution < 1.29 is 57.0 Å². The second-order valence-electron chi connectivity index (χ2n) is 16.1. The summed E-state index contributed by atoms with van der Waals surface area (Å²) in [6, 6.07) is -1.03. The van der Waals surface area contributed by atoms with Crippen molar-refractivity contribution in [1.82, 2.24) is 5.32 Å². The predicted octanol–water partition coefficient (Wildman–Crippen LogP) is 7.36. The molecular weight excluding hydrogens is 755 g/mol. The minimum Gasteiger partial charge on any atom is -0.394 e. The summed E-state index contributed by atoms with van der Waals surface area (Å²) in [5, 5.41) is 55.2. The minimum absolute atomic E-state index is 0.255. The number of nitrogens with one attached hydrogen (secondary N) is 1. The first kappa shape index (κ1) is 53.8. The Hall–Kier alpha value is -1.20. The normalized spacial score (nSPS) is 21.9. The van der Waals surface area contributed by atoms with E-state index in [4.69, 9.17) is 14.0 Å². The average molecular weight is 838 g/mol. The monoisotopic (exact) mass is 838 g/mol. The number of amides is 1. The van der Waals surface area contributed by atoms with Crippen molar-refractivity contribution in [3.63, 3.8) is 0 Å². The van der Waals surface area contributed by atoms with Crippen LogP contribution in [0.15, 0.2) is 12.2 Å². The van der Waals surface area contributed by atoms with E-state index in [2.05, 4.69) is 35.5 Å². The number of carbonyl (C=O) groups excluding carboxylic acids is 1. The van der Waals surface area contributed by atoms with Crippen LogP contribution in [-0.2, 0) is 28.9 Å². The van der Waals surface area contributed by atoms with Gasteiger partial charge in [0.15, 0.2) is 6.29 Å². The van der Waals surface area contributed by atoms with Gasteiger partial charge in [-0.1, -0.05) is 167 Å². The molecule has 1 amide bonds. The summed E-state index contributed by atoms with van der Waals surface area (Å²) in [6.07, 6.45) is 24.1. The Kier molecular flexibility index (Phi) is 32.6. The molecule has 0 aromatic heterocycles. The highest BCUT2D eigenvalue weighted by molar-refractivity contribution is 7.80. The Balaban J connectivity index is 2.53. The van der Waals surface area contributed by atoms with Crippen molar-refractivity contribution in [1.29, 1.82) is 0 Å². The zero-order chi connectivity index (χ0) is 42.2. The van der Waals surface area contributed by atoms with Crippen molar-refractivity contribution >= 4 is 16.3 Å². The van der Waals surface area contributed by atoms with Gasteiger partial charge in [0.05, 0.1) is 25.4 Å². The lowest BCUT2D eigenvalue weighted by molar-refractivity contribution is -0.298. The average Bonchev–Trinajstić information content (AvgIpc) is 3.18. The summed E-state index contributed by atoms with van der Waals surface area (Å²) >= 11 is 0. The Bertz CT molecular complexity index is 1100. The lowest BCUT2D eigenvalue weighted by atomic mass is 9.99. The molecule has 1 heterocycles. The van der Waals surface area contributed by atoms with Gasteiger partial charge < -0.3 is 40.3 Å². The van der Waals surface area contributed by atoms with Gasteiger partial charge in [0, 0.05) is 0 Å². The summed E-state index contributed by atoms with van der Waals surface area (Å²) in [7, 11) is -5.10. The minimum atomic E-state index is -5.10. The van der Waals surface area contributed by atoms with E-state index in [1.54, 1.807) is 0 Å². The highest BCUT2D eigenvalue weighted by Crippen LogP contribution is 2.26. The lowest BCUT2D eigenvalue weighted by Gasteiger charge is -2.41. The van der Waals surface area contributed by atoms with Gasteiger partial charge >= 0.3 is 10.4 Å². The van der Waals surface area contributed by atoms with Crippen molar-refractivity contribution in [3.8, 4) is 0 Å². The van der Waals surface area contributed by atoms with E-state index in [0.717, 1.165) is 57.8 Å². The second kappa shape index (κ2) is 34.5. The Morgan fingerprint density at radius 3 is 1.58 bits per heavy atom. The fourth-order valence-corrected chi connectivity index (χ4v) is 7.79. The molecule has 57 heavy (non-hydrogen) atoms. The van der Waals surface area contributed by atoms with Crippen LogP contribution in [0.3, 0.4) is 0 Å². The summed E-state index contributed by atoms with van der Waals surface area (Å²) < 4.78 is 47.4. The lowest BCUT2D eigenvalue weighted by Crippen LogP contribution is -2.61. The molecule has 0 saturated carbocycles. The molecule has 7 N–H and O–H groups in total. The van der Waals surface area contributed by atoms with Gasteiger partial charge in [-0.25, -0.2) is 4.18 Å². The molecular formula is C43H83NO12S. The molecule has 0 radical (unpaired) electrons. The number of unbranched alkanes of at least 4 members (excludes halogenated alkanes) is 23. The molecule has 14 heteroatoms. The van der Waals surface area contributed by atoms with Crippen LogP contribution in [-0.4, -0.2) is 107 Å². The first-order chi connectivity index (χ1) is 27.4. The largest absolute Gasteiger partial charge is 0.397 e. The van der Waals surface area contributed by atoms with Gasteiger partial charge in [0.25, 0.3) is 0 Å². The molecule has 0 aromatic carbocycles. The third-order valence-corrected chi connectivity index (χ3v) is 11.4. The van der Waals surface area contributed by atoms with Crippen LogP contribution < -0.4 is 5.32 Å². The Morgan fingerprint density at radius 2 is 1.12 bits per heavy atom. The van der Waals surface area contributed by atoms with E-state index in [1.165, 1.54) is 96.3 Å². The maximum absolute atomic E-state index is 13.1. The van der Waals surface area contributed by atoms with E-state index in [9.17, 15) is 38.7 Å². The Labute approximate surface area is 345 Å². The van der Waals surface area contributed by atoms with Crippen LogP contribution in [0.1, 0.15) is 194 Å². The number of rotatable bonds is 38. The fraction of sp³-hybridized carbons (Fsp3) is 0.930. The van der Waals surface area contributed by atoms with Crippen molar-refractivity contribution in [3.05, 3.63) is 12.2 Å². The number of ether oxygens (including phenoxy) is 2. The van der Waals surface area contributed by atoms with E-state index in [1.807, 2.05) is 0 Å². The molecule has 0 aromatic rings. The molecule has 1 saturated heterocycles. The van der Waals surface area contributed by atoms with Crippen LogP contribution in [0.5, 0.6) is 0 Å². The van der Waals surface area contributed by atoms with Gasteiger partial charge in [-0.2, -0.15) is 8.42 Å². The molecule has 1 rings (SSSR count). The summed E-state index contributed by atoms with van der Waals surface area (Å²) in [5.41, 5.74) is 0. The van der Waals surface area contributed by atoms with Crippen LogP contribution in [0, 0.1) is 0 Å². The maximum atomic E-state index is 13.1. The van der Waals surface area contributed by atoms with E-state index in [0.29, 0.717) is 19.3 Å². The third kappa shape index (κ3) is 27.3. The standard InChI is InChI=1S/C43H83NO12S/c1-3-5-7-9-11-13-15-16-17-18-19-20-21-22-24-26-28-30-32-37(47)42(50)44-35(36(46)31-29-27-25-23-14-12-10-8-6-4-2)34-54-43-40(49)41(56-57(51,52)53)39(48)38(33-45)55-43/h18-19,35-41,43,45-49H,3-17,20-34H2,1-2H3,(H,44,50)(H,51,52,53)/b19-18-. The first-order valence-corrected chi connectivity index (χ1v) is 24.0. The van der Waals surface area contributed by atoms with Gasteiger partial charge in [0.1, 0.15) is 30.5 Å². The quantitative estimate of drug-likeness (QED) is 0.0185. The van der Waals surface area contributed by atoms with E-state index < -0.39 is 78.5 Å². The zero-order valence-electron chi connectivity index (χ0n) is 35.5. The summed E-state index contributed by atoms with van der Waals surface area (Å²) in [6.45, 7) is 3.24.